The number of morpholine rings is 1. The maximum atomic E-state index is 13.8. The minimum Gasteiger partial charge on any atom is -0.378 e. The summed E-state index contributed by atoms with van der Waals surface area (Å²) in [7, 11) is 2.01. The predicted octanol–water partition coefficient (Wildman–Crippen LogP) is 5.13. The van der Waals surface area contributed by atoms with Crippen LogP contribution in [0.4, 0.5) is 5.82 Å². The van der Waals surface area contributed by atoms with Crippen molar-refractivity contribution in [3.63, 3.8) is 0 Å². The molecule has 4 aliphatic rings. The molecular weight excluding hydrogens is 540 g/mol. The molecule has 2 fully saturated rings. The molecule has 1 atom stereocenters. The van der Waals surface area contributed by atoms with Gasteiger partial charge in [0.1, 0.15) is 5.82 Å². The quantitative estimate of drug-likeness (QED) is 0.431. The van der Waals surface area contributed by atoms with Crippen molar-refractivity contribution in [2.24, 2.45) is 5.92 Å². The molecule has 2 aliphatic carbocycles. The van der Waals surface area contributed by atoms with Crippen molar-refractivity contribution in [3.8, 4) is 11.1 Å². The molecular formula is C34H42N6O3. The first kappa shape index (κ1) is 28.1. The van der Waals surface area contributed by atoms with E-state index in [1.54, 1.807) is 0 Å². The van der Waals surface area contributed by atoms with Crippen LogP contribution in [0, 0.1) is 5.92 Å². The Morgan fingerprint density at radius 3 is 2.58 bits per heavy atom. The largest absolute Gasteiger partial charge is 0.378 e. The average molecular weight is 583 g/mol. The number of ether oxygens (including phenoxy) is 1. The number of nitrogens with zero attached hydrogens (tertiary/aromatic N) is 5. The maximum absolute atomic E-state index is 13.8. The second-order valence-electron chi connectivity index (χ2n) is 12.6. The number of likely N-dealkylation sites (N-methyl/N-ethyl adjacent to an activating group) is 1. The minimum absolute atomic E-state index is 0.191. The molecule has 0 spiro atoms. The van der Waals surface area contributed by atoms with Crippen LogP contribution in [0.2, 0.25) is 0 Å². The van der Waals surface area contributed by atoms with Gasteiger partial charge in [-0.2, -0.15) is 5.10 Å². The SMILES string of the molecule is CN1CC(=O)C(CNC(=O)c2nn(C3CCCCC3)c3ccc(-c4ccc(N5CCOCC5)nc4)cc23)C2=C1CCCC2. The first-order valence-electron chi connectivity index (χ1n) is 16.1. The zero-order valence-corrected chi connectivity index (χ0v) is 25.2. The molecule has 4 heterocycles. The van der Waals surface area contributed by atoms with Crippen LogP contribution in [-0.2, 0) is 9.53 Å². The van der Waals surface area contributed by atoms with Gasteiger partial charge in [-0.25, -0.2) is 4.98 Å². The number of carbonyl (C=O) groups excluding carboxylic acids is 2. The van der Waals surface area contributed by atoms with Crippen LogP contribution >= 0.6 is 0 Å². The molecule has 226 valence electrons. The number of aromatic nitrogens is 3. The zero-order chi connectivity index (χ0) is 29.3. The van der Waals surface area contributed by atoms with Crippen molar-refractivity contribution >= 4 is 28.4 Å². The van der Waals surface area contributed by atoms with Gasteiger partial charge in [0, 0.05) is 49.5 Å². The molecule has 0 radical (unpaired) electrons. The average Bonchev–Trinajstić information content (AvgIpc) is 3.44. The van der Waals surface area contributed by atoms with E-state index >= 15 is 0 Å². The van der Waals surface area contributed by atoms with Gasteiger partial charge in [-0.15, -0.1) is 0 Å². The number of Topliss-reactive ketones (excluding diaryl/α,β-unsaturated/α-hetero) is 1. The molecule has 1 aromatic carbocycles. The van der Waals surface area contributed by atoms with E-state index in [-0.39, 0.29) is 17.6 Å². The van der Waals surface area contributed by atoms with Gasteiger partial charge in [0.05, 0.1) is 37.2 Å². The van der Waals surface area contributed by atoms with Crippen molar-refractivity contribution in [2.75, 3.05) is 51.3 Å². The second kappa shape index (κ2) is 12.1. The zero-order valence-electron chi connectivity index (χ0n) is 25.2. The standard InChI is InChI=1S/C34H42N6O3/c1-38-22-31(41)28(26-9-5-6-10-29(26)38)21-36-34(42)33-27-19-23(11-13-30(27)40(37-33)25-7-3-2-4-8-25)24-12-14-32(35-20-24)39-15-17-43-18-16-39/h11-14,19-20,25,28H,2-10,15-18,21-22H2,1H3,(H,36,42). The number of allylic oxidation sites excluding steroid dienone is 1. The van der Waals surface area contributed by atoms with Gasteiger partial charge in [0.25, 0.3) is 5.91 Å². The highest BCUT2D eigenvalue weighted by molar-refractivity contribution is 6.06. The van der Waals surface area contributed by atoms with Crippen LogP contribution < -0.4 is 10.2 Å². The summed E-state index contributed by atoms with van der Waals surface area (Å²) in [6.07, 6.45) is 11.9. The molecule has 3 aromatic rings. The monoisotopic (exact) mass is 582 g/mol. The predicted molar refractivity (Wildman–Crippen MR) is 167 cm³/mol. The van der Waals surface area contributed by atoms with Crippen molar-refractivity contribution in [2.45, 2.75) is 63.8 Å². The Bertz CT molecular complexity index is 1530. The Balaban J connectivity index is 1.18. The molecule has 2 aliphatic heterocycles. The molecule has 43 heavy (non-hydrogen) atoms. The van der Waals surface area contributed by atoms with Gasteiger partial charge in [-0.05, 0) is 73.9 Å². The number of anilines is 1. The van der Waals surface area contributed by atoms with Crippen molar-refractivity contribution in [3.05, 3.63) is 53.5 Å². The maximum Gasteiger partial charge on any atom is 0.272 e. The van der Waals surface area contributed by atoms with Gasteiger partial charge < -0.3 is 19.9 Å². The molecule has 1 amide bonds. The van der Waals surface area contributed by atoms with Crippen LogP contribution in [0.5, 0.6) is 0 Å². The molecule has 1 saturated heterocycles. The van der Waals surface area contributed by atoms with Crippen LogP contribution in [0.25, 0.3) is 22.0 Å². The number of amides is 1. The van der Waals surface area contributed by atoms with E-state index < -0.39 is 0 Å². The summed E-state index contributed by atoms with van der Waals surface area (Å²) in [5.74, 6) is 0.699. The van der Waals surface area contributed by atoms with Crippen LogP contribution in [0.1, 0.15) is 74.3 Å². The minimum atomic E-state index is -0.242. The normalized spacial score (nSPS) is 21.8. The molecule has 9 nitrogen and oxygen atoms in total. The lowest BCUT2D eigenvalue weighted by molar-refractivity contribution is -0.123. The topological polar surface area (TPSA) is 92.6 Å². The first-order chi connectivity index (χ1) is 21.1. The number of hydrogen-bond acceptors (Lipinski definition) is 7. The number of fused-ring (bicyclic) bond motifs is 1. The smallest absolute Gasteiger partial charge is 0.272 e. The third kappa shape index (κ3) is 5.55. The highest BCUT2D eigenvalue weighted by Crippen LogP contribution is 2.36. The van der Waals surface area contributed by atoms with Gasteiger partial charge in [-0.1, -0.05) is 25.3 Å². The van der Waals surface area contributed by atoms with E-state index in [0.717, 1.165) is 92.7 Å². The summed E-state index contributed by atoms with van der Waals surface area (Å²) in [5, 5.41) is 8.96. The van der Waals surface area contributed by atoms with Gasteiger partial charge in [0.15, 0.2) is 11.5 Å². The van der Waals surface area contributed by atoms with Crippen molar-refractivity contribution < 1.29 is 14.3 Å². The van der Waals surface area contributed by atoms with Crippen LogP contribution in [-0.4, -0.2) is 77.8 Å². The Hall–Kier alpha value is -3.72. The summed E-state index contributed by atoms with van der Waals surface area (Å²) in [6.45, 7) is 3.88. The third-order valence-corrected chi connectivity index (χ3v) is 9.87. The number of rotatable bonds is 6. The number of nitrogens with one attached hydrogen (secondary N) is 1. The summed E-state index contributed by atoms with van der Waals surface area (Å²) in [4.78, 5) is 36.0. The van der Waals surface area contributed by atoms with Crippen LogP contribution in [0.3, 0.4) is 0 Å². The van der Waals surface area contributed by atoms with Crippen molar-refractivity contribution in [1.29, 1.82) is 0 Å². The highest BCUT2D eigenvalue weighted by atomic mass is 16.5. The summed E-state index contributed by atoms with van der Waals surface area (Å²) >= 11 is 0. The summed E-state index contributed by atoms with van der Waals surface area (Å²) in [5.41, 5.74) is 5.97. The first-order valence-corrected chi connectivity index (χ1v) is 16.1. The molecule has 7 rings (SSSR count). The fourth-order valence-corrected chi connectivity index (χ4v) is 7.50. The fourth-order valence-electron chi connectivity index (χ4n) is 7.50. The third-order valence-electron chi connectivity index (χ3n) is 9.87. The lowest BCUT2D eigenvalue weighted by atomic mass is 9.81. The fraction of sp³-hybridized carbons (Fsp3) is 0.529. The Kier molecular flexibility index (Phi) is 7.91. The molecule has 1 unspecified atom stereocenters. The number of pyridine rings is 1. The molecule has 0 bridgehead atoms. The molecule has 2 aromatic heterocycles. The van der Waals surface area contributed by atoms with E-state index in [9.17, 15) is 9.59 Å². The molecule has 1 N–H and O–H groups in total. The highest BCUT2D eigenvalue weighted by Gasteiger charge is 2.34. The van der Waals surface area contributed by atoms with E-state index in [0.29, 0.717) is 24.8 Å². The lowest BCUT2D eigenvalue weighted by Gasteiger charge is -2.37. The van der Waals surface area contributed by atoms with Gasteiger partial charge in [0.2, 0.25) is 0 Å². The number of benzene rings is 1. The second-order valence-corrected chi connectivity index (χ2v) is 12.6. The van der Waals surface area contributed by atoms with E-state index in [1.807, 2.05) is 13.2 Å². The number of ketones is 1. The van der Waals surface area contributed by atoms with Gasteiger partial charge >= 0.3 is 0 Å². The lowest BCUT2D eigenvalue weighted by Crippen LogP contribution is -2.44. The Morgan fingerprint density at radius 1 is 1.00 bits per heavy atom. The Labute approximate surface area is 253 Å². The van der Waals surface area contributed by atoms with E-state index in [1.165, 1.54) is 30.5 Å². The summed E-state index contributed by atoms with van der Waals surface area (Å²) in [6, 6.07) is 10.8. The van der Waals surface area contributed by atoms with E-state index in [4.69, 9.17) is 14.8 Å². The summed E-state index contributed by atoms with van der Waals surface area (Å²) < 4.78 is 7.58. The number of carbonyl (C=O) groups is 2. The number of hydrogen-bond donors (Lipinski definition) is 1. The van der Waals surface area contributed by atoms with E-state index in [2.05, 4.69) is 50.1 Å². The van der Waals surface area contributed by atoms with Crippen LogP contribution in [0.15, 0.2) is 47.8 Å². The Morgan fingerprint density at radius 2 is 1.79 bits per heavy atom. The van der Waals surface area contributed by atoms with Gasteiger partial charge in [-0.3, -0.25) is 14.3 Å². The van der Waals surface area contributed by atoms with Crippen molar-refractivity contribution in [1.82, 2.24) is 25.0 Å². The molecule has 1 saturated carbocycles. The molecule has 9 heteroatoms.